The molecule has 2 aromatic rings. The Balaban J connectivity index is 2.09. The number of hydrogen-bond donors (Lipinski definition) is 1. The van der Waals surface area contributed by atoms with E-state index < -0.39 is 0 Å². The topological polar surface area (TPSA) is 12.0 Å². The molecule has 0 fully saturated rings. The molecule has 1 N–H and O–H groups in total. The van der Waals surface area contributed by atoms with Crippen molar-refractivity contribution in [2.45, 2.75) is 19.9 Å². The van der Waals surface area contributed by atoms with Crippen LogP contribution in [0.15, 0.2) is 48.5 Å². The summed E-state index contributed by atoms with van der Waals surface area (Å²) < 4.78 is 0. The second-order valence-corrected chi connectivity index (χ2v) is 4.57. The molecule has 17 heavy (non-hydrogen) atoms. The molecule has 0 saturated heterocycles. The normalized spacial score (nSPS) is 11.7. The predicted octanol–water partition coefficient (Wildman–Crippen LogP) is 3.85. The Labute approximate surface area is 103 Å². The average Bonchev–Trinajstić information content (AvgIpc) is 2.34. The zero-order valence-electron chi connectivity index (χ0n) is 10.5. The minimum atomic E-state index is 0.538. The van der Waals surface area contributed by atoms with E-state index in [9.17, 15) is 0 Å². The van der Waals surface area contributed by atoms with Gasteiger partial charge in [0.05, 0.1) is 0 Å². The zero-order valence-corrected chi connectivity index (χ0v) is 10.5. The van der Waals surface area contributed by atoms with E-state index in [0.717, 1.165) is 6.54 Å². The van der Waals surface area contributed by atoms with E-state index in [1.807, 2.05) is 0 Å². The monoisotopic (exact) mass is 225 g/mol. The highest BCUT2D eigenvalue weighted by Crippen LogP contribution is 2.16. The van der Waals surface area contributed by atoms with E-state index in [4.69, 9.17) is 0 Å². The van der Waals surface area contributed by atoms with E-state index in [0.29, 0.717) is 6.04 Å². The molecule has 1 heteroatoms. The van der Waals surface area contributed by atoms with Gasteiger partial charge in [-0.2, -0.15) is 0 Å². The fourth-order valence-corrected chi connectivity index (χ4v) is 1.81. The molecule has 0 aliphatic heterocycles. The predicted molar refractivity (Wildman–Crippen MR) is 76.1 cm³/mol. The van der Waals surface area contributed by atoms with Crippen molar-refractivity contribution in [3.8, 4) is 0 Å². The number of hydrogen-bond acceptors (Lipinski definition) is 1. The Morgan fingerprint density at radius 3 is 2.59 bits per heavy atom. The Kier molecular flexibility index (Phi) is 3.94. The molecule has 0 bridgehead atoms. The minimum absolute atomic E-state index is 0.538. The fraction of sp³-hybridized carbons (Fsp3) is 0.250. The first-order chi connectivity index (χ1) is 8.25. The molecule has 0 unspecified atom stereocenters. The van der Waals surface area contributed by atoms with Crippen LogP contribution in [0.2, 0.25) is 0 Å². The molecule has 0 saturated carbocycles. The molecule has 0 atom stereocenters. The molecule has 0 aliphatic rings. The van der Waals surface area contributed by atoms with E-state index in [-0.39, 0.29) is 0 Å². The van der Waals surface area contributed by atoms with Gasteiger partial charge in [0, 0.05) is 12.6 Å². The third-order valence-corrected chi connectivity index (χ3v) is 2.73. The lowest BCUT2D eigenvalue weighted by Crippen LogP contribution is -2.22. The molecule has 0 radical (unpaired) electrons. The highest BCUT2D eigenvalue weighted by Gasteiger charge is 1.92. The maximum atomic E-state index is 3.37. The van der Waals surface area contributed by atoms with Gasteiger partial charge >= 0.3 is 0 Å². The molecule has 2 aromatic carbocycles. The van der Waals surface area contributed by atoms with Crippen LogP contribution in [0, 0.1) is 0 Å². The Hall–Kier alpha value is -1.60. The number of benzene rings is 2. The van der Waals surface area contributed by atoms with Gasteiger partial charge in [0.1, 0.15) is 0 Å². The SMILES string of the molecule is CC(C)NCC=Cc1ccc2ccccc2c1. The highest BCUT2D eigenvalue weighted by atomic mass is 14.9. The summed E-state index contributed by atoms with van der Waals surface area (Å²) >= 11 is 0. The Morgan fingerprint density at radius 2 is 1.82 bits per heavy atom. The lowest BCUT2D eigenvalue weighted by atomic mass is 10.1. The summed E-state index contributed by atoms with van der Waals surface area (Å²) in [5.74, 6) is 0. The van der Waals surface area contributed by atoms with Crippen molar-refractivity contribution >= 4 is 16.8 Å². The van der Waals surface area contributed by atoms with E-state index in [2.05, 4.69) is 73.8 Å². The van der Waals surface area contributed by atoms with Gasteiger partial charge in [-0.3, -0.25) is 0 Å². The van der Waals surface area contributed by atoms with Gasteiger partial charge in [-0.1, -0.05) is 62.4 Å². The van der Waals surface area contributed by atoms with Gasteiger partial charge < -0.3 is 5.32 Å². The van der Waals surface area contributed by atoms with Crippen molar-refractivity contribution in [3.63, 3.8) is 0 Å². The molecule has 2 rings (SSSR count). The number of fused-ring (bicyclic) bond motifs is 1. The second kappa shape index (κ2) is 5.65. The van der Waals surface area contributed by atoms with Gasteiger partial charge in [0.25, 0.3) is 0 Å². The standard InChI is InChI=1S/C16H19N/c1-13(2)17-11-5-6-14-9-10-15-7-3-4-8-16(15)12-14/h3-10,12-13,17H,11H2,1-2H3. The maximum Gasteiger partial charge on any atom is 0.0140 e. The van der Waals surface area contributed by atoms with Crippen LogP contribution in [0.3, 0.4) is 0 Å². The van der Waals surface area contributed by atoms with Crippen LogP contribution in [-0.2, 0) is 0 Å². The zero-order chi connectivity index (χ0) is 12.1. The Morgan fingerprint density at radius 1 is 1.06 bits per heavy atom. The molecule has 0 aromatic heterocycles. The second-order valence-electron chi connectivity index (χ2n) is 4.57. The molecule has 0 spiro atoms. The van der Waals surface area contributed by atoms with Gasteiger partial charge in [-0.05, 0) is 22.4 Å². The van der Waals surface area contributed by atoms with Crippen molar-refractivity contribution in [3.05, 3.63) is 54.1 Å². The van der Waals surface area contributed by atoms with Crippen molar-refractivity contribution in [2.75, 3.05) is 6.54 Å². The van der Waals surface area contributed by atoms with Crippen molar-refractivity contribution in [2.24, 2.45) is 0 Å². The summed E-state index contributed by atoms with van der Waals surface area (Å²) in [4.78, 5) is 0. The first-order valence-electron chi connectivity index (χ1n) is 6.14. The fourth-order valence-electron chi connectivity index (χ4n) is 1.81. The summed E-state index contributed by atoms with van der Waals surface area (Å²) in [6.07, 6.45) is 4.34. The van der Waals surface area contributed by atoms with Crippen LogP contribution in [0.5, 0.6) is 0 Å². The Bertz CT molecular complexity index is 512. The number of rotatable bonds is 4. The first-order valence-corrected chi connectivity index (χ1v) is 6.14. The van der Waals surface area contributed by atoms with Crippen molar-refractivity contribution < 1.29 is 0 Å². The maximum absolute atomic E-state index is 3.37. The molecular formula is C16H19N. The lowest BCUT2D eigenvalue weighted by molar-refractivity contribution is 0.633. The smallest absolute Gasteiger partial charge is 0.0140 e. The molecule has 0 heterocycles. The van der Waals surface area contributed by atoms with Gasteiger partial charge in [0.15, 0.2) is 0 Å². The van der Waals surface area contributed by atoms with E-state index in [1.165, 1.54) is 16.3 Å². The first kappa shape index (κ1) is 11.9. The van der Waals surface area contributed by atoms with Crippen molar-refractivity contribution in [1.82, 2.24) is 5.32 Å². The highest BCUT2D eigenvalue weighted by molar-refractivity contribution is 5.84. The average molecular weight is 225 g/mol. The summed E-state index contributed by atoms with van der Waals surface area (Å²) in [6.45, 7) is 5.23. The van der Waals surface area contributed by atoms with Crippen LogP contribution < -0.4 is 5.32 Å². The third-order valence-electron chi connectivity index (χ3n) is 2.73. The van der Waals surface area contributed by atoms with E-state index >= 15 is 0 Å². The molecule has 88 valence electrons. The minimum Gasteiger partial charge on any atom is -0.311 e. The van der Waals surface area contributed by atoms with Gasteiger partial charge in [-0.25, -0.2) is 0 Å². The van der Waals surface area contributed by atoms with Gasteiger partial charge in [-0.15, -0.1) is 0 Å². The van der Waals surface area contributed by atoms with Crippen LogP contribution in [0.1, 0.15) is 19.4 Å². The van der Waals surface area contributed by atoms with Gasteiger partial charge in [0.2, 0.25) is 0 Å². The molecule has 0 amide bonds. The van der Waals surface area contributed by atoms with Crippen molar-refractivity contribution in [1.29, 1.82) is 0 Å². The number of nitrogens with one attached hydrogen (secondary N) is 1. The summed E-state index contributed by atoms with van der Waals surface area (Å²) in [6, 6.07) is 15.5. The largest absolute Gasteiger partial charge is 0.311 e. The quantitative estimate of drug-likeness (QED) is 0.833. The molecular weight excluding hydrogens is 206 g/mol. The third kappa shape index (κ3) is 3.43. The van der Waals surface area contributed by atoms with Crippen LogP contribution >= 0.6 is 0 Å². The molecule has 1 nitrogen and oxygen atoms in total. The van der Waals surface area contributed by atoms with Crippen LogP contribution in [0.25, 0.3) is 16.8 Å². The van der Waals surface area contributed by atoms with Crippen LogP contribution in [-0.4, -0.2) is 12.6 Å². The summed E-state index contributed by atoms with van der Waals surface area (Å²) in [5.41, 5.74) is 1.26. The lowest BCUT2D eigenvalue weighted by Gasteiger charge is -2.03. The summed E-state index contributed by atoms with van der Waals surface area (Å²) in [5, 5.41) is 5.96. The van der Waals surface area contributed by atoms with Crippen LogP contribution in [0.4, 0.5) is 0 Å². The van der Waals surface area contributed by atoms with E-state index in [1.54, 1.807) is 0 Å². The summed E-state index contributed by atoms with van der Waals surface area (Å²) in [7, 11) is 0. The molecule has 0 aliphatic carbocycles.